The number of aliphatic hydroxyl groups is 1. The van der Waals surface area contributed by atoms with Gasteiger partial charge in [0.25, 0.3) is 0 Å². The summed E-state index contributed by atoms with van der Waals surface area (Å²) in [6.45, 7) is 4.73. The smallest absolute Gasteiger partial charge is 0.0611 e. The van der Waals surface area contributed by atoms with E-state index >= 15 is 0 Å². The Morgan fingerprint density at radius 1 is 1.31 bits per heavy atom. The summed E-state index contributed by atoms with van der Waals surface area (Å²) in [7, 11) is 2.20. The Bertz CT molecular complexity index is 226. The van der Waals surface area contributed by atoms with Crippen LogP contribution in [0.15, 0.2) is 0 Å². The van der Waals surface area contributed by atoms with Gasteiger partial charge in [-0.15, -0.1) is 0 Å². The van der Waals surface area contributed by atoms with Gasteiger partial charge in [0.05, 0.1) is 6.61 Å². The second-order valence-corrected chi connectivity index (χ2v) is 6.09. The van der Waals surface area contributed by atoms with Crippen LogP contribution < -0.4 is 5.32 Å². The predicted molar refractivity (Wildman–Crippen MR) is 66.5 cm³/mol. The molecule has 0 heterocycles. The summed E-state index contributed by atoms with van der Waals surface area (Å²) < 4.78 is 0. The second-order valence-electron chi connectivity index (χ2n) is 6.09. The van der Waals surface area contributed by atoms with Crippen molar-refractivity contribution < 1.29 is 5.11 Å². The molecule has 16 heavy (non-hydrogen) atoms. The molecule has 0 aliphatic heterocycles. The zero-order valence-electron chi connectivity index (χ0n) is 10.7. The zero-order chi connectivity index (χ0) is 11.6. The van der Waals surface area contributed by atoms with Crippen LogP contribution in [0.3, 0.4) is 0 Å². The molecule has 0 spiro atoms. The van der Waals surface area contributed by atoms with Gasteiger partial charge in [0.15, 0.2) is 0 Å². The average Bonchev–Trinajstić information content (AvgIpc) is 3.11. The lowest BCUT2D eigenvalue weighted by Crippen LogP contribution is -2.48. The number of nitrogens with zero attached hydrogens (tertiary/aromatic N) is 1. The number of rotatable bonds is 8. The molecule has 2 aliphatic rings. The number of nitrogens with one attached hydrogen (secondary N) is 1. The van der Waals surface area contributed by atoms with Gasteiger partial charge in [-0.3, -0.25) is 0 Å². The first-order chi connectivity index (χ1) is 7.61. The molecule has 0 aromatic rings. The van der Waals surface area contributed by atoms with Crippen LogP contribution in [0, 0.1) is 5.92 Å². The van der Waals surface area contributed by atoms with Gasteiger partial charge in [0.2, 0.25) is 0 Å². The summed E-state index contributed by atoms with van der Waals surface area (Å²) in [5.74, 6) is 0.960. The van der Waals surface area contributed by atoms with Crippen LogP contribution in [0.1, 0.15) is 39.0 Å². The van der Waals surface area contributed by atoms with Crippen molar-refractivity contribution in [1.82, 2.24) is 10.2 Å². The van der Waals surface area contributed by atoms with Gasteiger partial charge < -0.3 is 15.3 Å². The molecule has 0 aromatic heterocycles. The third-order valence-electron chi connectivity index (χ3n) is 3.79. The molecule has 3 heteroatoms. The summed E-state index contributed by atoms with van der Waals surface area (Å²) in [4.78, 5) is 2.42. The molecule has 0 amide bonds. The standard InChI is InChI=1S/C13H26N2O/c1-13(10-16,14-12-5-6-12)7-8-15(2)9-11-3-4-11/h11-12,14,16H,3-10H2,1-2H3. The number of hydrogen-bond donors (Lipinski definition) is 2. The van der Waals surface area contributed by atoms with Crippen molar-refractivity contribution in [3.63, 3.8) is 0 Å². The topological polar surface area (TPSA) is 35.5 Å². The van der Waals surface area contributed by atoms with Crippen molar-refractivity contribution >= 4 is 0 Å². The van der Waals surface area contributed by atoms with E-state index in [2.05, 4.69) is 24.2 Å². The predicted octanol–water partition coefficient (Wildman–Crippen LogP) is 1.22. The molecule has 1 unspecified atom stereocenters. The van der Waals surface area contributed by atoms with E-state index in [0.717, 1.165) is 18.9 Å². The minimum absolute atomic E-state index is 0.0705. The van der Waals surface area contributed by atoms with Crippen molar-refractivity contribution in [3.05, 3.63) is 0 Å². The summed E-state index contributed by atoms with van der Waals surface area (Å²) in [5, 5.41) is 13.1. The normalized spacial score (nSPS) is 24.8. The van der Waals surface area contributed by atoms with E-state index in [0.29, 0.717) is 6.04 Å². The lowest BCUT2D eigenvalue weighted by atomic mass is 9.98. The molecular weight excluding hydrogens is 200 g/mol. The van der Waals surface area contributed by atoms with E-state index in [1.54, 1.807) is 0 Å². The van der Waals surface area contributed by atoms with Crippen molar-refractivity contribution in [2.45, 2.75) is 50.6 Å². The van der Waals surface area contributed by atoms with Crippen LogP contribution in [0.2, 0.25) is 0 Å². The fraction of sp³-hybridized carbons (Fsp3) is 1.00. The molecule has 2 saturated carbocycles. The highest BCUT2D eigenvalue weighted by molar-refractivity contribution is 4.92. The number of aliphatic hydroxyl groups excluding tert-OH is 1. The molecule has 0 radical (unpaired) electrons. The molecule has 2 rings (SSSR count). The maximum absolute atomic E-state index is 9.49. The van der Waals surface area contributed by atoms with Gasteiger partial charge in [0.1, 0.15) is 0 Å². The highest BCUT2D eigenvalue weighted by Crippen LogP contribution is 2.29. The van der Waals surface area contributed by atoms with Crippen LogP contribution in [-0.2, 0) is 0 Å². The third kappa shape index (κ3) is 4.04. The van der Waals surface area contributed by atoms with Crippen LogP contribution in [0.25, 0.3) is 0 Å². The minimum Gasteiger partial charge on any atom is -0.394 e. The van der Waals surface area contributed by atoms with Crippen molar-refractivity contribution in [2.24, 2.45) is 5.92 Å². The summed E-state index contributed by atoms with van der Waals surface area (Å²) >= 11 is 0. The van der Waals surface area contributed by atoms with Crippen LogP contribution >= 0.6 is 0 Å². The largest absolute Gasteiger partial charge is 0.394 e. The Hall–Kier alpha value is -0.120. The third-order valence-corrected chi connectivity index (χ3v) is 3.79. The maximum atomic E-state index is 9.49. The highest BCUT2D eigenvalue weighted by atomic mass is 16.3. The molecule has 0 saturated heterocycles. The highest BCUT2D eigenvalue weighted by Gasteiger charge is 2.32. The fourth-order valence-electron chi connectivity index (χ4n) is 2.19. The molecule has 2 N–H and O–H groups in total. The first-order valence-corrected chi connectivity index (χ1v) is 6.68. The Morgan fingerprint density at radius 2 is 2.00 bits per heavy atom. The van der Waals surface area contributed by atoms with Gasteiger partial charge in [-0.2, -0.15) is 0 Å². The van der Waals surface area contributed by atoms with Gasteiger partial charge in [-0.25, -0.2) is 0 Å². The second kappa shape index (κ2) is 5.03. The van der Waals surface area contributed by atoms with E-state index in [9.17, 15) is 5.11 Å². The first-order valence-electron chi connectivity index (χ1n) is 6.68. The SMILES string of the molecule is CN(CCC(C)(CO)NC1CC1)CC1CC1. The Kier molecular flexibility index (Phi) is 3.88. The summed E-state index contributed by atoms with van der Waals surface area (Å²) in [6, 6.07) is 0.672. The molecule has 3 nitrogen and oxygen atoms in total. The quantitative estimate of drug-likeness (QED) is 0.653. The van der Waals surface area contributed by atoms with Crippen molar-refractivity contribution in [2.75, 3.05) is 26.7 Å². The van der Waals surface area contributed by atoms with Crippen LogP contribution in [-0.4, -0.2) is 48.3 Å². The zero-order valence-corrected chi connectivity index (χ0v) is 10.7. The monoisotopic (exact) mass is 226 g/mol. The lowest BCUT2D eigenvalue weighted by Gasteiger charge is -2.31. The lowest BCUT2D eigenvalue weighted by molar-refractivity contribution is 0.148. The molecule has 94 valence electrons. The molecule has 2 fully saturated rings. The minimum atomic E-state index is -0.0705. The number of hydrogen-bond acceptors (Lipinski definition) is 3. The maximum Gasteiger partial charge on any atom is 0.0611 e. The van der Waals surface area contributed by atoms with Gasteiger partial charge in [-0.05, 0) is 58.5 Å². The van der Waals surface area contributed by atoms with Crippen LogP contribution in [0.5, 0.6) is 0 Å². The van der Waals surface area contributed by atoms with E-state index < -0.39 is 0 Å². The van der Waals surface area contributed by atoms with Gasteiger partial charge >= 0.3 is 0 Å². The molecule has 1 atom stereocenters. The molecule has 0 aromatic carbocycles. The van der Waals surface area contributed by atoms with E-state index in [-0.39, 0.29) is 12.1 Å². The van der Waals surface area contributed by atoms with Gasteiger partial charge in [0, 0.05) is 18.1 Å². The summed E-state index contributed by atoms with van der Waals surface area (Å²) in [6.07, 6.45) is 6.45. The molecule has 2 aliphatic carbocycles. The Labute approximate surface area is 99.2 Å². The van der Waals surface area contributed by atoms with Gasteiger partial charge in [-0.1, -0.05) is 0 Å². The van der Waals surface area contributed by atoms with E-state index in [4.69, 9.17) is 0 Å². The van der Waals surface area contributed by atoms with Crippen molar-refractivity contribution in [3.8, 4) is 0 Å². The van der Waals surface area contributed by atoms with Crippen molar-refractivity contribution in [1.29, 1.82) is 0 Å². The van der Waals surface area contributed by atoms with E-state index in [1.165, 1.54) is 32.2 Å². The Morgan fingerprint density at radius 3 is 2.50 bits per heavy atom. The fourth-order valence-corrected chi connectivity index (χ4v) is 2.19. The van der Waals surface area contributed by atoms with Crippen LogP contribution in [0.4, 0.5) is 0 Å². The molecular formula is C13H26N2O. The Balaban J connectivity index is 1.67. The first kappa shape index (κ1) is 12.3. The van der Waals surface area contributed by atoms with E-state index in [1.807, 2.05) is 0 Å². The molecule has 0 bridgehead atoms. The summed E-state index contributed by atoms with van der Waals surface area (Å²) in [5.41, 5.74) is -0.0705. The average molecular weight is 226 g/mol.